The van der Waals surface area contributed by atoms with Crippen LogP contribution in [0.15, 0.2) is 29.1 Å². The number of aromatic nitrogens is 2. The maximum absolute atomic E-state index is 12.0. The van der Waals surface area contributed by atoms with Gasteiger partial charge in [-0.15, -0.1) is 0 Å². The molecule has 0 unspecified atom stereocenters. The molecule has 2 rings (SSSR count). The van der Waals surface area contributed by atoms with Crippen LogP contribution >= 0.6 is 0 Å². The Morgan fingerprint density at radius 2 is 1.95 bits per heavy atom. The Balaban J connectivity index is 2.73. The Bertz CT molecular complexity index is 733. The van der Waals surface area contributed by atoms with Gasteiger partial charge < -0.3 is 10.5 Å². The van der Waals surface area contributed by atoms with Crippen LogP contribution in [0.4, 0.5) is 5.69 Å². The number of anilines is 1. The molecule has 0 aliphatic carbocycles. The first-order valence-electron chi connectivity index (χ1n) is 6.55. The molecular weight excluding hydrogens is 270 g/mol. The van der Waals surface area contributed by atoms with Crippen molar-refractivity contribution in [1.82, 2.24) is 9.78 Å². The number of hydrogen-bond acceptors (Lipinski definition) is 5. The van der Waals surface area contributed by atoms with E-state index in [1.165, 1.54) is 11.6 Å². The fraction of sp³-hybridized carbons (Fsp3) is 0.267. The minimum atomic E-state index is -0.444. The SMILES string of the molecule is CCn1nc(-c2ccc(OC)cc2)c(C(C)=O)c(N)c1=O. The number of nitrogens with zero attached hydrogens (tertiary/aromatic N) is 2. The molecular formula is C15H17N3O3. The summed E-state index contributed by atoms with van der Waals surface area (Å²) in [6.07, 6.45) is 0. The van der Waals surface area contributed by atoms with Crippen molar-refractivity contribution < 1.29 is 9.53 Å². The van der Waals surface area contributed by atoms with Gasteiger partial charge in [0.25, 0.3) is 5.56 Å². The number of Topliss-reactive ketones (excluding diaryl/α,β-unsaturated/α-hetero) is 1. The molecule has 0 saturated heterocycles. The molecule has 2 aromatic rings. The van der Waals surface area contributed by atoms with Gasteiger partial charge in [-0.25, -0.2) is 4.68 Å². The average molecular weight is 287 g/mol. The van der Waals surface area contributed by atoms with Crippen LogP contribution in [0.3, 0.4) is 0 Å². The second-order valence-corrected chi connectivity index (χ2v) is 4.54. The van der Waals surface area contributed by atoms with Gasteiger partial charge in [-0.05, 0) is 38.1 Å². The molecule has 0 spiro atoms. The van der Waals surface area contributed by atoms with E-state index in [0.29, 0.717) is 23.6 Å². The van der Waals surface area contributed by atoms with E-state index < -0.39 is 5.56 Å². The summed E-state index contributed by atoms with van der Waals surface area (Å²) in [6.45, 7) is 3.54. The maximum atomic E-state index is 12.0. The normalized spacial score (nSPS) is 10.4. The van der Waals surface area contributed by atoms with E-state index in [4.69, 9.17) is 10.5 Å². The summed E-state index contributed by atoms with van der Waals surface area (Å²) in [5.41, 5.74) is 6.60. The number of nitrogens with two attached hydrogens (primary N) is 1. The van der Waals surface area contributed by atoms with Crippen molar-refractivity contribution in [2.24, 2.45) is 0 Å². The zero-order valence-electron chi connectivity index (χ0n) is 12.2. The highest BCUT2D eigenvalue weighted by Crippen LogP contribution is 2.26. The lowest BCUT2D eigenvalue weighted by atomic mass is 10.0. The molecule has 0 aliphatic heterocycles. The summed E-state index contributed by atoms with van der Waals surface area (Å²) in [5.74, 6) is 0.408. The molecule has 0 aliphatic rings. The van der Waals surface area contributed by atoms with Gasteiger partial charge in [-0.2, -0.15) is 5.10 Å². The van der Waals surface area contributed by atoms with E-state index in [1.54, 1.807) is 38.3 Å². The number of rotatable bonds is 4. The summed E-state index contributed by atoms with van der Waals surface area (Å²) in [4.78, 5) is 23.9. The molecule has 0 radical (unpaired) electrons. The predicted octanol–water partition coefficient (Wildman–Crippen LogP) is 1.72. The van der Waals surface area contributed by atoms with E-state index in [2.05, 4.69) is 5.10 Å². The number of carbonyl (C=O) groups is 1. The van der Waals surface area contributed by atoms with Crippen molar-refractivity contribution in [2.75, 3.05) is 12.8 Å². The molecule has 0 bridgehead atoms. The fourth-order valence-corrected chi connectivity index (χ4v) is 2.11. The lowest BCUT2D eigenvalue weighted by Gasteiger charge is -2.12. The van der Waals surface area contributed by atoms with Crippen LogP contribution in [0.2, 0.25) is 0 Å². The van der Waals surface area contributed by atoms with Crippen LogP contribution in [0.1, 0.15) is 24.2 Å². The van der Waals surface area contributed by atoms with Gasteiger partial charge >= 0.3 is 0 Å². The molecule has 0 amide bonds. The number of carbonyl (C=O) groups excluding carboxylic acids is 1. The average Bonchev–Trinajstić information content (AvgIpc) is 2.49. The molecule has 2 N–H and O–H groups in total. The summed E-state index contributed by atoms with van der Waals surface area (Å²) >= 11 is 0. The fourth-order valence-electron chi connectivity index (χ4n) is 2.11. The Morgan fingerprint density at radius 3 is 2.43 bits per heavy atom. The number of nitrogen functional groups attached to an aromatic ring is 1. The summed E-state index contributed by atoms with van der Waals surface area (Å²) < 4.78 is 6.35. The minimum Gasteiger partial charge on any atom is -0.497 e. The van der Waals surface area contributed by atoms with Crippen molar-refractivity contribution in [3.8, 4) is 17.0 Å². The minimum absolute atomic E-state index is 0.0647. The van der Waals surface area contributed by atoms with Crippen LogP contribution < -0.4 is 16.0 Å². The largest absolute Gasteiger partial charge is 0.497 e. The first kappa shape index (κ1) is 14.8. The summed E-state index contributed by atoms with van der Waals surface area (Å²) in [6, 6.07) is 7.08. The van der Waals surface area contributed by atoms with Crippen LogP contribution in [0.25, 0.3) is 11.3 Å². The lowest BCUT2D eigenvalue weighted by molar-refractivity contribution is 0.101. The molecule has 1 heterocycles. The van der Waals surface area contributed by atoms with Crippen molar-refractivity contribution in [1.29, 1.82) is 0 Å². The molecule has 21 heavy (non-hydrogen) atoms. The third kappa shape index (κ3) is 2.65. The summed E-state index contributed by atoms with van der Waals surface area (Å²) in [5, 5.41) is 4.26. The van der Waals surface area contributed by atoms with Gasteiger partial charge in [0, 0.05) is 12.1 Å². The third-order valence-corrected chi connectivity index (χ3v) is 3.21. The van der Waals surface area contributed by atoms with Gasteiger partial charge in [0.2, 0.25) is 0 Å². The number of ether oxygens (including phenoxy) is 1. The Hall–Kier alpha value is -2.63. The van der Waals surface area contributed by atoms with Crippen LogP contribution in [0.5, 0.6) is 5.75 Å². The van der Waals surface area contributed by atoms with E-state index in [9.17, 15) is 9.59 Å². The molecule has 6 nitrogen and oxygen atoms in total. The maximum Gasteiger partial charge on any atom is 0.290 e. The number of methoxy groups -OCH3 is 1. The predicted molar refractivity (Wildman–Crippen MR) is 80.6 cm³/mol. The van der Waals surface area contributed by atoms with E-state index in [0.717, 1.165) is 0 Å². The number of hydrogen-bond donors (Lipinski definition) is 1. The van der Waals surface area contributed by atoms with Crippen LogP contribution in [0, 0.1) is 0 Å². The molecule has 110 valence electrons. The standard InChI is InChI=1S/C15H17N3O3/c1-4-18-15(20)13(16)12(9(2)19)14(17-18)10-5-7-11(21-3)8-6-10/h5-8H,4,16H2,1-3H3. The zero-order valence-corrected chi connectivity index (χ0v) is 12.2. The van der Waals surface area contributed by atoms with E-state index in [1.807, 2.05) is 0 Å². The van der Waals surface area contributed by atoms with Crippen LogP contribution in [-0.2, 0) is 6.54 Å². The first-order valence-corrected chi connectivity index (χ1v) is 6.55. The first-order chi connectivity index (χ1) is 9.99. The van der Waals surface area contributed by atoms with E-state index >= 15 is 0 Å². The molecule has 6 heteroatoms. The van der Waals surface area contributed by atoms with Gasteiger partial charge in [0.1, 0.15) is 17.1 Å². The van der Waals surface area contributed by atoms with Crippen molar-refractivity contribution in [3.63, 3.8) is 0 Å². The highest BCUT2D eigenvalue weighted by molar-refractivity contribution is 6.04. The van der Waals surface area contributed by atoms with Gasteiger partial charge in [-0.3, -0.25) is 9.59 Å². The quantitative estimate of drug-likeness (QED) is 0.865. The molecule has 1 aromatic heterocycles. The second-order valence-electron chi connectivity index (χ2n) is 4.54. The van der Waals surface area contributed by atoms with E-state index in [-0.39, 0.29) is 17.0 Å². The van der Waals surface area contributed by atoms with Crippen molar-refractivity contribution >= 4 is 11.5 Å². The second kappa shape index (κ2) is 5.78. The molecule has 0 saturated carbocycles. The number of aryl methyl sites for hydroxylation is 1. The van der Waals surface area contributed by atoms with Crippen molar-refractivity contribution in [2.45, 2.75) is 20.4 Å². The molecule has 0 atom stereocenters. The molecule has 0 fully saturated rings. The summed E-state index contributed by atoms with van der Waals surface area (Å²) in [7, 11) is 1.57. The smallest absolute Gasteiger partial charge is 0.290 e. The lowest BCUT2D eigenvalue weighted by Crippen LogP contribution is -2.28. The Labute approximate surface area is 122 Å². The Kier molecular flexibility index (Phi) is 4.07. The topological polar surface area (TPSA) is 87.2 Å². The monoisotopic (exact) mass is 287 g/mol. The van der Waals surface area contributed by atoms with Gasteiger partial charge in [0.15, 0.2) is 5.78 Å². The zero-order chi connectivity index (χ0) is 15.6. The van der Waals surface area contributed by atoms with Crippen LogP contribution in [-0.4, -0.2) is 22.7 Å². The third-order valence-electron chi connectivity index (χ3n) is 3.21. The highest BCUT2D eigenvalue weighted by atomic mass is 16.5. The Morgan fingerprint density at radius 1 is 1.33 bits per heavy atom. The van der Waals surface area contributed by atoms with Crippen molar-refractivity contribution in [3.05, 3.63) is 40.2 Å². The van der Waals surface area contributed by atoms with Gasteiger partial charge in [0.05, 0.1) is 12.7 Å². The number of benzene rings is 1. The van der Waals surface area contributed by atoms with Gasteiger partial charge in [-0.1, -0.05) is 0 Å². The number of ketones is 1. The highest BCUT2D eigenvalue weighted by Gasteiger charge is 2.19. The molecule has 1 aromatic carbocycles.